The van der Waals surface area contributed by atoms with E-state index in [4.69, 9.17) is 0 Å². The summed E-state index contributed by atoms with van der Waals surface area (Å²) in [5.74, 6) is 1.38. The number of fused-ring (bicyclic) bond motifs is 1. The van der Waals surface area contributed by atoms with Crippen LogP contribution in [0.5, 0.6) is 0 Å². The van der Waals surface area contributed by atoms with Gasteiger partial charge in [0.2, 0.25) is 0 Å². The summed E-state index contributed by atoms with van der Waals surface area (Å²) >= 11 is 2.57. The Kier molecular flexibility index (Phi) is 4.46. The number of halogens is 2. The molecular formula is C17H12F2N4S2. The van der Waals surface area contributed by atoms with Crippen LogP contribution in [0.25, 0.3) is 16.3 Å². The van der Waals surface area contributed by atoms with E-state index in [1.54, 1.807) is 18.0 Å². The van der Waals surface area contributed by atoms with Crippen LogP contribution >= 0.6 is 23.1 Å². The normalized spacial score (nSPS) is 11.5. The lowest BCUT2D eigenvalue weighted by Gasteiger charge is -2.04. The van der Waals surface area contributed by atoms with E-state index in [1.165, 1.54) is 5.56 Å². The van der Waals surface area contributed by atoms with Crippen LogP contribution in [0, 0.1) is 0 Å². The first kappa shape index (κ1) is 16.2. The molecule has 0 amide bonds. The molecule has 0 unspecified atom stereocenters. The molecule has 0 N–H and O–H groups in total. The molecule has 0 spiro atoms. The number of rotatable bonds is 5. The number of pyridine rings is 1. The van der Waals surface area contributed by atoms with Gasteiger partial charge in [-0.2, -0.15) is 0 Å². The molecule has 126 valence electrons. The summed E-state index contributed by atoms with van der Waals surface area (Å²) in [6.45, 7) is 0. The Morgan fingerprint density at radius 1 is 1.08 bits per heavy atom. The minimum Gasteiger partial charge on any atom is -0.297 e. The van der Waals surface area contributed by atoms with Crippen LogP contribution in [0.15, 0.2) is 59.8 Å². The van der Waals surface area contributed by atoms with E-state index in [1.807, 2.05) is 40.9 Å². The first-order chi connectivity index (χ1) is 12.2. The smallest absolute Gasteiger partial charge is 0.291 e. The minimum absolute atomic E-state index is 0.290. The SMILES string of the molecule is FC(F)c1nnc(-c2ncc3ccc(SCc4ccccc4)cn23)s1. The first-order valence-corrected chi connectivity index (χ1v) is 9.26. The molecule has 0 aliphatic carbocycles. The summed E-state index contributed by atoms with van der Waals surface area (Å²) in [5.41, 5.74) is 2.12. The molecule has 8 heteroatoms. The molecule has 0 atom stereocenters. The number of imidazole rings is 1. The van der Waals surface area contributed by atoms with E-state index in [0.717, 1.165) is 27.5 Å². The molecule has 0 fully saturated rings. The third-order valence-electron chi connectivity index (χ3n) is 3.57. The van der Waals surface area contributed by atoms with Gasteiger partial charge in [-0.05, 0) is 17.7 Å². The van der Waals surface area contributed by atoms with Crippen molar-refractivity contribution in [2.24, 2.45) is 0 Å². The summed E-state index contributed by atoms with van der Waals surface area (Å²) in [7, 11) is 0. The summed E-state index contributed by atoms with van der Waals surface area (Å²) in [5, 5.41) is 7.49. The second-order valence-corrected chi connectivity index (χ2v) is 7.32. The Hall–Kier alpha value is -2.32. The van der Waals surface area contributed by atoms with Gasteiger partial charge in [-0.25, -0.2) is 13.8 Å². The third-order valence-corrected chi connectivity index (χ3v) is 5.55. The number of hydrogen-bond acceptors (Lipinski definition) is 5. The number of alkyl halides is 2. The van der Waals surface area contributed by atoms with Crippen molar-refractivity contribution in [3.05, 3.63) is 65.4 Å². The quantitative estimate of drug-likeness (QED) is 0.457. The maximum atomic E-state index is 12.7. The van der Waals surface area contributed by atoms with Crippen LogP contribution < -0.4 is 0 Å². The largest absolute Gasteiger partial charge is 0.297 e. The molecule has 4 nitrogen and oxygen atoms in total. The topological polar surface area (TPSA) is 43.1 Å². The highest BCUT2D eigenvalue weighted by Gasteiger charge is 2.17. The molecule has 0 radical (unpaired) electrons. The molecule has 0 aliphatic rings. The van der Waals surface area contributed by atoms with E-state index >= 15 is 0 Å². The predicted molar refractivity (Wildman–Crippen MR) is 95.1 cm³/mol. The van der Waals surface area contributed by atoms with Gasteiger partial charge in [-0.15, -0.1) is 22.0 Å². The van der Waals surface area contributed by atoms with E-state index in [-0.39, 0.29) is 5.01 Å². The lowest BCUT2D eigenvalue weighted by molar-refractivity contribution is 0.150. The van der Waals surface area contributed by atoms with Crippen molar-refractivity contribution < 1.29 is 8.78 Å². The maximum absolute atomic E-state index is 12.7. The molecule has 0 saturated heterocycles. The third kappa shape index (κ3) is 3.40. The Labute approximate surface area is 150 Å². The predicted octanol–water partition coefficient (Wildman–Crippen LogP) is 5.08. The summed E-state index contributed by atoms with van der Waals surface area (Å²) in [6, 6.07) is 14.2. The summed E-state index contributed by atoms with van der Waals surface area (Å²) in [6.07, 6.45) is 1.04. The van der Waals surface area contributed by atoms with Crippen molar-refractivity contribution in [3.8, 4) is 10.8 Å². The van der Waals surface area contributed by atoms with Gasteiger partial charge >= 0.3 is 0 Å². The maximum Gasteiger partial charge on any atom is 0.291 e. The van der Waals surface area contributed by atoms with Crippen LogP contribution in [0.3, 0.4) is 0 Å². The molecule has 25 heavy (non-hydrogen) atoms. The Bertz CT molecular complexity index is 998. The second kappa shape index (κ2) is 6.89. The average molecular weight is 374 g/mol. The summed E-state index contributed by atoms with van der Waals surface area (Å²) in [4.78, 5) is 5.38. The van der Waals surface area contributed by atoms with Gasteiger partial charge in [-0.3, -0.25) is 4.40 Å². The average Bonchev–Trinajstić information content (AvgIpc) is 3.27. The molecule has 0 saturated carbocycles. The van der Waals surface area contributed by atoms with Gasteiger partial charge in [-0.1, -0.05) is 41.7 Å². The summed E-state index contributed by atoms with van der Waals surface area (Å²) < 4.78 is 27.3. The van der Waals surface area contributed by atoms with Crippen molar-refractivity contribution in [2.45, 2.75) is 17.1 Å². The zero-order chi connectivity index (χ0) is 17.2. The first-order valence-electron chi connectivity index (χ1n) is 7.46. The Balaban J connectivity index is 1.63. The monoisotopic (exact) mass is 374 g/mol. The van der Waals surface area contributed by atoms with E-state index in [0.29, 0.717) is 10.8 Å². The van der Waals surface area contributed by atoms with Gasteiger partial charge in [0.15, 0.2) is 15.8 Å². The number of aromatic nitrogens is 4. The van der Waals surface area contributed by atoms with Crippen LogP contribution in [0.4, 0.5) is 8.78 Å². The number of hydrogen-bond donors (Lipinski definition) is 0. The van der Waals surface area contributed by atoms with E-state index in [2.05, 4.69) is 27.3 Å². The lowest BCUT2D eigenvalue weighted by Crippen LogP contribution is -1.90. The molecule has 1 aromatic carbocycles. The lowest BCUT2D eigenvalue weighted by atomic mass is 10.2. The van der Waals surface area contributed by atoms with Gasteiger partial charge in [0.05, 0.1) is 11.7 Å². The van der Waals surface area contributed by atoms with E-state index in [9.17, 15) is 8.78 Å². The Morgan fingerprint density at radius 3 is 2.68 bits per heavy atom. The number of thioether (sulfide) groups is 1. The van der Waals surface area contributed by atoms with Crippen molar-refractivity contribution in [3.63, 3.8) is 0 Å². The van der Waals surface area contributed by atoms with Crippen LogP contribution in [0.2, 0.25) is 0 Å². The van der Waals surface area contributed by atoms with Crippen LogP contribution in [-0.4, -0.2) is 19.6 Å². The van der Waals surface area contributed by atoms with Crippen molar-refractivity contribution in [1.29, 1.82) is 0 Å². The fraction of sp³-hybridized carbons (Fsp3) is 0.118. The van der Waals surface area contributed by atoms with E-state index < -0.39 is 6.43 Å². The molecule has 4 aromatic rings. The highest BCUT2D eigenvalue weighted by Crippen LogP contribution is 2.30. The van der Waals surface area contributed by atoms with Crippen molar-refractivity contribution in [2.75, 3.05) is 0 Å². The molecule has 3 aromatic heterocycles. The molecule has 0 bridgehead atoms. The second-order valence-electron chi connectivity index (χ2n) is 5.26. The van der Waals surface area contributed by atoms with Crippen molar-refractivity contribution >= 4 is 28.6 Å². The number of benzene rings is 1. The molecule has 3 heterocycles. The van der Waals surface area contributed by atoms with Crippen LogP contribution in [-0.2, 0) is 5.75 Å². The zero-order valence-corrected chi connectivity index (χ0v) is 14.5. The van der Waals surface area contributed by atoms with Gasteiger partial charge in [0, 0.05) is 16.8 Å². The molecular weight excluding hydrogens is 362 g/mol. The minimum atomic E-state index is -2.62. The molecule has 0 aliphatic heterocycles. The fourth-order valence-electron chi connectivity index (χ4n) is 2.37. The van der Waals surface area contributed by atoms with Gasteiger partial charge in [0.25, 0.3) is 6.43 Å². The standard InChI is InChI=1S/C17H12F2N4S2/c18-14(19)16-21-22-17(25-16)15-20-8-12-6-7-13(9-23(12)15)24-10-11-4-2-1-3-5-11/h1-9,14H,10H2. The molecule has 4 rings (SSSR count). The van der Waals surface area contributed by atoms with Crippen LogP contribution in [0.1, 0.15) is 17.0 Å². The Morgan fingerprint density at radius 2 is 1.92 bits per heavy atom. The zero-order valence-electron chi connectivity index (χ0n) is 12.8. The number of nitrogens with zero attached hydrogens (tertiary/aromatic N) is 4. The highest BCUT2D eigenvalue weighted by atomic mass is 32.2. The van der Waals surface area contributed by atoms with Crippen molar-refractivity contribution in [1.82, 2.24) is 19.6 Å². The van der Waals surface area contributed by atoms with Gasteiger partial charge in [0.1, 0.15) is 0 Å². The van der Waals surface area contributed by atoms with Gasteiger partial charge < -0.3 is 0 Å². The fourth-order valence-corrected chi connectivity index (χ4v) is 3.93. The highest BCUT2D eigenvalue weighted by molar-refractivity contribution is 7.98.